The number of rotatable bonds is 9. The number of para-hydroxylation sites is 2. The van der Waals surface area contributed by atoms with Crippen LogP contribution in [0.15, 0.2) is 60.7 Å². The van der Waals surface area contributed by atoms with E-state index in [2.05, 4.69) is 29.4 Å². The smallest absolute Gasteiger partial charge is 0.244 e. The van der Waals surface area contributed by atoms with Crippen molar-refractivity contribution in [3.05, 3.63) is 66.2 Å². The van der Waals surface area contributed by atoms with Crippen LogP contribution < -0.4 is 15.0 Å². The average molecular weight is 338 g/mol. The third kappa shape index (κ3) is 6.34. The van der Waals surface area contributed by atoms with Gasteiger partial charge in [-0.25, -0.2) is 0 Å². The number of methoxy groups -OCH3 is 1. The summed E-state index contributed by atoms with van der Waals surface area (Å²) >= 11 is 0. The molecule has 0 fully saturated rings. The van der Waals surface area contributed by atoms with Crippen LogP contribution in [0.1, 0.15) is 18.4 Å². The van der Waals surface area contributed by atoms with Crippen molar-refractivity contribution in [3.63, 3.8) is 0 Å². The fraction of sp³-hybridized carbons (Fsp3) is 0.286. The van der Waals surface area contributed by atoms with E-state index in [4.69, 9.17) is 4.74 Å². The minimum absolute atomic E-state index is 0.0812. The van der Waals surface area contributed by atoms with Crippen LogP contribution in [0.2, 0.25) is 0 Å². The van der Waals surface area contributed by atoms with E-state index in [9.17, 15) is 4.79 Å². The van der Waals surface area contributed by atoms with Crippen molar-refractivity contribution in [2.24, 2.45) is 0 Å². The van der Waals surface area contributed by atoms with Gasteiger partial charge in [-0.15, -0.1) is 0 Å². The molecular formula is C21H26N2O2. The molecule has 0 saturated heterocycles. The minimum Gasteiger partial charge on any atom is -0.496 e. The second kappa shape index (κ2) is 10.2. The lowest BCUT2D eigenvalue weighted by Gasteiger charge is -2.18. The predicted octanol–water partition coefficient (Wildman–Crippen LogP) is 3.74. The lowest BCUT2D eigenvalue weighted by atomic mass is 10.2. The van der Waals surface area contributed by atoms with Gasteiger partial charge in [0.25, 0.3) is 0 Å². The molecule has 0 atom stereocenters. The Morgan fingerprint density at radius 1 is 1.08 bits per heavy atom. The molecule has 25 heavy (non-hydrogen) atoms. The quantitative estimate of drug-likeness (QED) is 0.559. The van der Waals surface area contributed by atoms with Gasteiger partial charge in [0.2, 0.25) is 5.91 Å². The number of hydrogen-bond donors (Lipinski definition) is 1. The Morgan fingerprint density at radius 3 is 2.56 bits per heavy atom. The number of nitrogens with zero attached hydrogens (tertiary/aromatic N) is 1. The Bertz CT molecular complexity index is 683. The maximum atomic E-state index is 11.9. The molecule has 2 rings (SSSR count). The van der Waals surface area contributed by atoms with Gasteiger partial charge >= 0.3 is 0 Å². The van der Waals surface area contributed by atoms with Gasteiger partial charge in [-0.3, -0.25) is 4.79 Å². The molecule has 2 aromatic carbocycles. The van der Waals surface area contributed by atoms with Gasteiger partial charge in [0.1, 0.15) is 5.75 Å². The number of ether oxygens (including phenoxy) is 1. The molecule has 0 radical (unpaired) electrons. The third-order valence-corrected chi connectivity index (χ3v) is 3.97. The molecule has 0 saturated carbocycles. The summed E-state index contributed by atoms with van der Waals surface area (Å²) < 4.78 is 5.26. The Labute approximate surface area is 150 Å². The zero-order chi connectivity index (χ0) is 17.9. The normalized spacial score (nSPS) is 10.6. The highest BCUT2D eigenvalue weighted by Crippen LogP contribution is 2.18. The van der Waals surface area contributed by atoms with Crippen LogP contribution in [-0.4, -0.2) is 33.2 Å². The van der Waals surface area contributed by atoms with Crippen LogP contribution in [-0.2, 0) is 4.79 Å². The SMILES string of the molecule is COc1ccccc1/C=C/C(=O)NCCCCN(C)c1ccccc1. The summed E-state index contributed by atoms with van der Waals surface area (Å²) in [4.78, 5) is 14.1. The van der Waals surface area contributed by atoms with E-state index in [1.165, 1.54) is 5.69 Å². The van der Waals surface area contributed by atoms with Crippen molar-refractivity contribution in [3.8, 4) is 5.75 Å². The van der Waals surface area contributed by atoms with Gasteiger partial charge in [-0.1, -0.05) is 36.4 Å². The maximum Gasteiger partial charge on any atom is 0.244 e. The van der Waals surface area contributed by atoms with E-state index in [-0.39, 0.29) is 5.91 Å². The minimum atomic E-state index is -0.0812. The number of nitrogens with one attached hydrogen (secondary N) is 1. The highest BCUT2D eigenvalue weighted by molar-refractivity contribution is 5.92. The summed E-state index contributed by atoms with van der Waals surface area (Å²) in [5.41, 5.74) is 2.11. The molecule has 1 amide bonds. The van der Waals surface area contributed by atoms with E-state index in [1.54, 1.807) is 19.3 Å². The first-order valence-corrected chi connectivity index (χ1v) is 8.56. The molecule has 0 unspecified atom stereocenters. The molecule has 0 aliphatic heterocycles. The van der Waals surface area contributed by atoms with E-state index in [0.717, 1.165) is 30.7 Å². The number of amides is 1. The molecule has 1 N–H and O–H groups in total. The van der Waals surface area contributed by atoms with Gasteiger partial charge < -0.3 is 15.0 Å². The lowest BCUT2D eigenvalue weighted by Crippen LogP contribution is -2.24. The molecule has 4 heteroatoms. The summed E-state index contributed by atoms with van der Waals surface area (Å²) in [5, 5.41) is 2.92. The van der Waals surface area contributed by atoms with Crippen molar-refractivity contribution in [1.82, 2.24) is 5.32 Å². The Morgan fingerprint density at radius 2 is 1.80 bits per heavy atom. The van der Waals surface area contributed by atoms with Crippen LogP contribution in [0.4, 0.5) is 5.69 Å². The van der Waals surface area contributed by atoms with E-state index >= 15 is 0 Å². The van der Waals surface area contributed by atoms with E-state index in [0.29, 0.717) is 6.54 Å². The molecule has 0 heterocycles. The third-order valence-electron chi connectivity index (χ3n) is 3.97. The number of hydrogen-bond acceptors (Lipinski definition) is 3. The van der Waals surface area contributed by atoms with Gasteiger partial charge in [0.05, 0.1) is 7.11 Å². The van der Waals surface area contributed by atoms with Crippen LogP contribution in [0, 0.1) is 0 Å². The maximum absolute atomic E-state index is 11.9. The molecule has 0 aliphatic rings. The fourth-order valence-electron chi connectivity index (χ4n) is 2.53. The zero-order valence-electron chi connectivity index (χ0n) is 14.9. The summed E-state index contributed by atoms with van der Waals surface area (Å²) in [6.07, 6.45) is 5.30. The summed E-state index contributed by atoms with van der Waals surface area (Å²) in [7, 11) is 3.71. The monoisotopic (exact) mass is 338 g/mol. The molecule has 132 valence electrons. The first-order valence-electron chi connectivity index (χ1n) is 8.56. The van der Waals surface area contributed by atoms with Crippen LogP contribution in [0.5, 0.6) is 5.75 Å². The second-order valence-electron chi connectivity index (χ2n) is 5.83. The van der Waals surface area contributed by atoms with Crippen molar-refractivity contribution in [1.29, 1.82) is 0 Å². The van der Waals surface area contributed by atoms with Crippen LogP contribution in [0.3, 0.4) is 0 Å². The summed E-state index contributed by atoms with van der Waals surface area (Å²) in [5.74, 6) is 0.679. The van der Waals surface area contributed by atoms with E-state index in [1.807, 2.05) is 42.5 Å². The predicted molar refractivity (Wildman–Crippen MR) is 104 cm³/mol. The van der Waals surface area contributed by atoms with E-state index < -0.39 is 0 Å². The molecule has 0 aliphatic carbocycles. The van der Waals surface area contributed by atoms with Crippen LogP contribution in [0.25, 0.3) is 6.08 Å². The Kier molecular flexibility index (Phi) is 7.57. The highest BCUT2D eigenvalue weighted by atomic mass is 16.5. The number of anilines is 1. The van der Waals surface area contributed by atoms with Crippen molar-refractivity contribution < 1.29 is 9.53 Å². The second-order valence-corrected chi connectivity index (χ2v) is 5.83. The first kappa shape index (κ1) is 18.6. The summed E-state index contributed by atoms with van der Waals surface area (Å²) in [6.45, 7) is 1.65. The number of unbranched alkanes of at least 4 members (excludes halogenated alkanes) is 1. The topological polar surface area (TPSA) is 41.6 Å². The molecule has 0 bridgehead atoms. The van der Waals surface area contributed by atoms with Crippen molar-refractivity contribution in [2.75, 3.05) is 32.1 Å². The molecule has 0 spiro atoms. The van der Waals surface area contributed by atoms with Crippen molar-refractivity contribution in [2.45, 2.75) is 12.8 Å². The molecular weight excluding hydrogens is 312 g/mol. The first-order chi connectivity index (χ1) is 12.2. The fourth-order valence-corrected chi connectivity index (χ4v) is 2.53. The Hall–Kier alpha value is -2.75. The zero-order valence-corrected chi connectivity index (χ0v) is 14.9. The molecule has 0 aromatic heterocycles. The molecule has 4 nitrogen and oxygen atoms in total. The van der Waals surface area contributed by atoms with Crippen molar-refractivity contribution >= 4 is 17.7 Å². The number of benzene rings is 2. The number of carbonyl (C=O) groups excluding carboxylic acids is 1. The molecule has 2 aromatic rings. The Balaban J connectivity index is 1.66. The standard InChI is InChI=1S/C21H26N2O2/c1-23(19-11-4-3-5-12-19)17-9-8-16-22-21(24)15-14-18-10-6-7-13-20(18)25-2/h3-7,10-15H,8-9,16-17H2,1-2H3,(H,22,24)/b15-14+. The van der Waals surface area contributed by atoms with Crippen LogP contribution >= 0.6 is 0 Å². The number of carbonyl (C=O) groups is 1. The highest BCUT2D eigenvalue weighted by Gasteiger charge is 2.01. The lowest BCUT2D eigenvalue weighted by molar-refractivity contribution is -0.116. The van der Waals surface area contributed by atoms with Gasteiger partial charge in [-0.2, -0.15) is 0 Å². The largest absolute Gasteiger partial charge is 0.496 e. The average Bonchev–Trinajstić information content (AvgIpc) is 2.66. The van der Waals surface area contributed by atoms with Gasteiger partial charge in [0.15, 0.2) is 0 Å². The van der Waals surface area contributed by atoms with Gasteiger partial charge in [-0.05, 0) is 37.1 Å². The van der Waals surface area contributed by atoms with Gasteiger partial charge in [0, 0.05) is 37.5 Å². The summed E-state index contributed by atoms with van der Waals surface area (Å²) in [6, 6.07) is 17.9.